The zero-order valence-corrected chi connectivity index (χ0v) is 14.3. The Morgan fingerprint density at radius 1 is 1.26 bits per heavy atom. The molecule has 8 heteroatoms. The van der Waals surface area contributed by atoms with E-state index in [0.29, 0.717) is 11.5 Å². The molecule has 0 aliphatic rings. The van der Waals surface area contributed by atoms with Gasteiger partial charge in [0.25, 0.3) is 0 Å². The van der Waals surface area contributed by atoms with Crippen molar-refractivity contribution in [1.82, 2.24) is 18.9 Å². The van der Waals surface area contributed by atoms with Gasteiger partial charge in [-0.3, -0.25) is 4.40 Å². The third kappa shape index (κ3) is 2.67. The lowest BCUT2D eigenvalue weighted by Gasteiger charge is -2.09. The number of imidazole rings is 1. The first-order valence-electron chi connectivity index (χ1n) is 8.02. The van der Waals surface area contributed by atoms with Crippen LogP contribution in [0.15, 0.2) is 55.1 Å². The SMILES string of the molecule is COC(=O)c1c(N)c(C#N)cn1-c1ccc(-c2cn3cccnc3n2)cc1. The molecule has 0 spiro atoms. The lowest BCUT2D eigenvalue weighted by molar-refractivity contribution is 0.0593. The van der Waals surface area contributed by atoms with E-state index in [-0.39, 0.29) is 16.9 Å². The quantitative estimate of drug-likeness (QED) is 0.563. The molecule has 0 amide bonds. The van der Waals surface area contributed by atoms with E-state index >= 15 is 0 Å². The highest BCUT2D eigenvalue weighted by Gasteiger charge is 2.21. The Hall–Kier alpha value is -4.12. The van der Waals surface area contributed by atoms with Crippen LogP contribution in [-0.4, -0.2) is 32.0 Å². The van der Waals surface area contributed by atoms with Crippen LogP contribution in [0.5, 0.6) is 0 Å². The van der Waals surface area contributed by atoms with Gasteiger partial charge in [-0.25, -0.2) is 14.8 Å². The molecule has 0 aliphatic carbocycles. The highest BCUT2D eigenvalue weighted by Crippen LogP contribution is 2.26. The molecular formula is C19H14N6O2. The molecule has 27 heavy (non-hydrogen) atoms. The number of hydrogen-bond acceptors (Lipinski definition) is 6. The lowest BCUT2D eigenvalue weighted by Crippen LogP contribution is -2.11. The van der Waals surface area contributed by atoms with Gasteiger partial charge < -0.3 is 15.0 Å². The minimum absolute atomic E-state index is 0.0971. The van der Waals surface area contributed by atoms with Crippen LogP contribution >= 0.6 is 0 Å². The first kappa shape index (κ1) is 16.4. The summed E-state index contributed by atoms with van der Waals surface area (Å²) < 4.78 is 8.18. The van der Waals surface area contributed by atoms with E-state index in [9.17, 15) is 10.1 Å². The summed E-state index contributed by atoms with van der Waals surface area (Å²) in [6, 6.07) is 11.2. The second-order valence-corrected chi connectivity index (χ2v) is 5.78. The molecule has 4 rings (SSSR count). The number of nitrogen functional groups attached to an aromatic ring is 1. The van der Waals surface area contributed by atoms with Gasteiger partial charge in [-0.1, -0.05) is 12.1 Å². The molecule has 2 N–H and O–H groups in total. The minimum atomic E-state index is -0.607. The van der Waals surface area contributed by atoms with Gasteiger partial charge in [0.2, 0.25) is 5.78 Å². The molecule has 0 saturated carbocycles. The number of methoxy groups -OCH3 is 1. The van der Waals surface area contributed by atoms with E-state index in [1.165, 1.54) is 13.3 Å². The Labute approximate surface area is 154 Å². The van der Waals surface area contributed by atoms with Crippen LogP contribution in [0.4, 0.5) is 5.69 Å². The van der Waals surface area contributed by atoms with Crippen LogP contribution in [0.2, 0.25) is 0 Å². The summed E-state index contributed by atoms with van der Waals surface area (Å²) >= 11 is 0. The molecule has 3 aromatic heterocycles. The smallest absolute Gasteiger partial charge is 0.357 e. The first-order valence-corrected chi connectivity index (χ1v) is 8.02. The third-order valence-electron chi connectivity index (χ3n) is 4.22. The molecule has 0 saturated heterocycles. The second-order valence-electron chi connectivity index (χ2n) is 5.78. The fourth-order valence-corrected chi connectivity index (χ4v) is 2.88. The molecule has 0 radical (unpaired) electrons. The topological polar surface area (TPSA) is 111 Å². The number of hydrogen-bond donors (Lipinski definition) is 1. The summed E-state index contributed by atoms with van der Waals surface area (Å²) in [4.78, 5) is 20.8. The van der Waals surface area contributed by atoms with Crippen LogP contribution in [0.3, 0.4) is 0 Å². The second kappa shape index (κ2) is 6.31. The number of carbonyl (C=O) groups is 1. The van der Waals surface area contributed by atoms with Gasteiger partial charge in [0.15, 0.2) is 5.69 Å². The van der Waals surface area contributed by atoms with Crippen molar-refractivity contribution in [3.05, 3.63) is 66.4 Å². The first-order chi connectivity index (χ1) is 13.1. The number of esters is 1. The summed E-state index contributed by atoms with van der Waals surface area (Å²) in [6.07, 6.45) is 6.97. The largest absolute Gasteiger partial charge is 0.464 e. The van der Waals surface area contributed by atoms with E-state index in [1.807, 2.05) is 53.2 Å². The number of nitrogens with zero attached hydrogens (tertiary/aromatic N) is 5. The Bertz CT molecular complexity index is 1160. The van der Waals surface area contributed by atoms with Crippen molar-refractivity contribution in [3.63, 3.8) is 0 Å². The number of aromatic nitrogens is 4. The summed E-state index contributed by atoms with van der Waals surface area (Å²) in [6.45, 7) is 0. The Kier molecular flexibility index (Phi) is 3.82. The van der Waals surface area contributed by atoms with E-state index in [0.717, 1.165) is 11.3 Å². The van der Waals surface area contributed by atoms with E-state index < -0.39 is 5.97 Å². The normalized spacial score (nSPS) is 10.7. The van der Waals surface area contributed by atoms with Crippen molar-refractivity contribution in [2.75, 3.05) is 12.8 Å². The molecule has 3 heterocycles. The van der Waals surface area contributed by atoms with Crippen molar-refractivity contribution < 1.29 is 9.53 Å². The summed E-state index contributed by atoms with van der Waals surface area (Å²) in [5.74, 6) is 0.00546. The van der Waals surface area contributed by atoms with Crippen LogP contribution in [0.25, 0.3) is 22.7 Å². The monoisotopic (exact) mass is 358 g/mol. The zero-order chi connectivity index (χ0) is 19.0. The molecule has 0 fully saturated rings. The minimum Gasteiger partial charge on any atom is -0.464 e. The van der Waals surface area contributed by atoms with Gasteiger partial charge in [-0.05, 0) is 18.2 Å². The molecule has 8 nitrogen and oxygen atoms in total. The highest BCUT2D eigenvalue weighted by molar-refractivity contribution is 5.96. The molecular weight excluding hydrogens is 344 g/mol. The predicted octanol–water partition coefficient (Wildman–Crippen LogP) is 2.43. The van der Waals surface area contributed by atoms with Gasteiger partial charge >= 0.3 is 5.97 Å². The van der Waals surface area contributed by atoms with Crippen LogP contribution in [-0.2, 0) is 4.74 Å². The maximum atomic E-state index is 12.1. The molecule has 4 aromatic rings. The van der Waals surface area contributed by atoms with Crippen molar-refractivity contribution >= 4 is 17.4 Å². The Morgan fingerprint density at radius 3 is 2.70 bits per heavy atom. The predicted molar refractivity (Wildman–Crippen MR) is 98.2 cm³/mol. The summed E-state index contributed by atoms with van der Waals surface area (Å²) in [5.41, 5.74) is 8.71. The van der Waals surface area contributed by atoms with Gasteiger partial charge in [0.1, 0.15) is 6.07 Å². The van der Waals surface area contributed by atoms with Crippen LogP contribution in [0.1, 0.15) is 16.1 Å². The number of ether oxygens (including phenoxy) is 1. The standard InChI is InChI=1S/C19H14N6O2/c1-27-18(26)17-16(21)13(9-20)10-25(17)14-5-3-12(4-6-14)15-11-24-8-2-7-22-19(24)23-15/h2-8,10-11H,21H2,1H3. The average Bonchev–Trinajstić information content (AvgIpc) is 3.28. The fourth-order valence-electron chi connectivity index (χ4n) is 2.88. The van der Waals surface area contributed by atoms with Crippen LogP contribution < -0.4 is 5.73 Å². The van der Waals surface area contributed by atoms with Gasteiger partial charge in [0.05, 0.1) is 24.1 Å². The third-order valence-corrected chi connectivity index (χ3v) is 4.22. The summed E-state index contributed by atoms with van der Waals surface area (Å²) in [7, 11) is 1.27. The van der Waals surface area contributed by atoms with Crippen molar-refractivity contribution in [2.24, 2.45) is 0 Å². The number of benzene rings is 1. The number of anilines is 1. The zero-order valence-electron chi connectivity index (χ0n) is 14.3. The van der Waals surface area contributed by atoms with Crippen molar-refractivity contribution in [1.29, 1.82) is 5.26 Å². The highest BCUT2D eigenvalue weighted by atomic mass is 16.5. The average molecular weight is 358 g/mol. The number of rotatable bonds is 3. The molecule has 0 atom stereocenters. The van der Waals surface area contributed by atoms with Gasteiger partial charge in [-0.2, -0.15) is 5.26 Å². The Morgan fingerprint density at radius 2 is 2.04 bits per heavy atom. The number of carbonyl (C=O) groups excluding carboxylic acids is 1. The molecule has 1 aromatic carbocycles. The number of fused-ring (bicyclic) bond motifs is 1. The van der Waals surface area contributed by atoms with Gasteiger partial charge in [-0.15, -0.1) is 0 Å². The maximum absolute atomic E-state index is 12.1. The molecule has 0 bridgehead atoms. The van der Waals surface area contributed by atoms with E-state index in [4.69, 9.17) is 10.5 Å². The Balaban J connectivity index is 1.77. The van der Waals surface area contributed by atoms with E-state index in [1.54, 1.807) is 10.8 Å². The molecule has 0 aliphatic heterocycles. The lowest BCUT2D eigenvalue weighted by atomic mass is 10.1. The molecule has 132 valence electrons. The molecule has 0 unspecified atom stereocenters. The van der Waals surface area contributed by atoms with Crippen LogP contribution in [0, 0.1) is 11.3 Å². The summed E-state index contributed by atoms with van der Waals surface area (Å²) in [5, 5.41) is 9.21. The number of nitriles is 1. The van der Waals surface area contributed by atoms with Crippen molar-refractivity contribution in [3.8, 4) is 23.0 Å². The van der Waals surface area contributed by atoms with Crippen molar-refractivity contribution in [2.45, 2.75) is 0 Å². The fraction of sp³-hybridized carbons (Fsp3) is 0.0526. The number of nitrogens with two attached hydrogens (primary N) is 1. The maximum Gasteiger partial charge on any atom is 0.357 e. The van der Waals surface area contributed by atoms with Gasteiger partial charge in [0, 0.05) is 36.0 Å². The van der Waals surface area contributed by atoms with E-state index in [2.05, 4.69) is 9.97 Å².